The van der Waals surface area contributed by atoms with Gasteiger partial charge in [-0.05, 0) is 31.0 Å². The van der Waals surface area contributed by atoms with E-state index in [-0.39, 0.29) is 17.7 Å². The Morgan fingerprint density at radius 3 is 3.00 bits per heavy atom. The molecule has 1 amide bonds. The standard InChI is InChI=1S/C12H14BrFN2O2/c13-7-1-3-9(14)10(5-7)16-12(17)11-4-2-8(6-15)18-11/h1,3,5,8,11H,2,4,6,15H2,(H,16,17). The van der Waals surface area contributed by atoms with Crippen LogP contribution in [0, 0.1) is 5.82 Å². The summed E-state index contributed by atoms with van der Waals surface area (Å²) in [7, 11) is 0. The highest BCUT2D eigenvalue weighted by Crippen LogP contribution is 2.23. The van der Waals surface area contributed by atoms with Crippen molar-refractivity contribution in [1.82, 2.24) is 0 Å². The van der Waals surface area contributed by atoms with Crippen LogP contribution in [0.3, 0.4) is 0 Å². The van der Waals surface area contributed by atoms with E-state index in [4.69, 9.17) is 10.5 Å². The number of ether oxygens (including phenoxy) is 1. The maximum atomic E-state index is 13.5. The zero-order valence-corrected chi connectivity index (χ0v) is 11.2. The molecule has 1 fully saturated rings. The number of carbonyl (C=O) groups is 1. The molecule has 2 unspecified atom stereocenters. The maximum absolute atomic E-state index is 13.5. The summed E-state index contributed by atoms with van der Waals surface area (Å²) in [5, 5.41) is 2.53. The van der Waals surface area contributed by atoms with Crippen LogP contribution in [0.25, 0.3) is 0 Å². The molecule has 6 heteroatoms. The number of anilines is 1. The Morgan fingerprint density at radius 1 is 1.56 bits per heavy atom. The third-order valence-corrected chi connectivity index (χ3v) is 3.34. The van der Waals surface area contributed by atoms with Gasteiger partial charge in [0.1, 0.15) is 11.9 Å². The number of nitrogens with one attached hydrogen (secondary N) is 1. The largest absolute Gasteiger partial charge is 0.364 e. The molecule has 2 rings (SSSR count). The van der Waals surface area contributed by atoms with Crippen molar-refractivity contribution >= 4 is 27.5 Å². The number of hydrogen-bond acceptors (Lipinski definition) is 3. The van der Waals surface area contributed by atoms with Gasteiger partial charge in [-0.3, -0.25) is 4.79 Å². The second-order valence-corrected chi connectivity index (χ2v) is 5.09. The lowest BCUT2D eigenvalue weighted by molar-refractivity contribution is -0.126. The van der Waals surface area contributed by atoms with Crippen LogP contribution in [-0.2, 0) is 9.53 Å². The van der Waals surface area contributed by atoms with E-state index in [1.807, 2.05) is 0 Å². The minimum Gasteiger partial charge on any atom is -0.364 e. The molecule has 0 aliphatic carbocycles. The van der Waals surface area contributed by atoms with Crippen molar-refractivity contribution in [3.63, 3.8) is 0 Å². The number of nitrogens with two attached hydrogens (primary N) is 1. The lowest BCUT2D eigenvalue weighted by atomic mass is 10.2. The molecular weight excluding hydrogens is 303 g/mol. The Bertz CT molecular complexity index is 456. The van der Waals surface area contributed by atoms with Crippen LogP contribution in [0.2, 0.25) is 0 Å². The smallest absolute Gasteiger partial charge is 0.253 e. The van der Waals surface area contributed by atoms with Gasteiger partial charge in [-0.2, -0.15) is 0 Å². The predicted octanol–water partition coefficient (Wildman–Crippen LogP) is 2.03. The fourth-order valence-electron chi connectivity index (χ4n) is 1.88. The molecule has 1 saturated heterocycles. The fourth-order valence-corrected chi connectivity index (χ4v) is 2.24. The highest BCUT2D eigenvalue weighted by molar-refractivity contribution is 9.10. The molecule has 1 aliphatic heterocycles. The number of carbonyl (C=O) groups excluding carboxylic acids is 1. The normalized spacial score (nSPS) is 23.1. The van der Waals surface area contributed by atoms with E-state index >= 15 is 0 Å². The Labute approximate surface area is 113 Å². The van der Waals surface area contributed by atoms with Gasteiger partial charge in [-0.15, -0.1) is 0 Å². The minimum atomic E-state index is -0.545. The van der Waals surface area contributed by atoms with Crippen LogP contribution >= 0.6 is 15.9 Å². The molecule has 1 heterocycles. The number of benzene rings is 1. The number of hydrogen-bond donors (Lipinski definition) is 2. The van der Waals surface area contributed by atoms with Crippen LogP contribution in [0.4, 0.5) is 10.1 Å². The molecule has 0 aromatic heterocycles. The zero-order chi connectivity index (χ0) is 13.1. The summed E-state index contributed by atoms with van der Waals surface area (Å²) in [6.45, 7) is 0.398. The zero-order valence-electron chi connectivity index (χ0n) is 9.66. The summed E-state index contributed by atoms with van der Waals surface area (Å²) in [4.78, 5) is 11.9. The molecule has 0 radical (unpaired) electrons. The van der Waals surface area contributed by atoms with Gasteiger partial charge in [0, 0.05) is 11.0 Å². The van der Waals surface area contributed by atoms with Gasteiger partial charge in [-0.25, -0.2) is 4.39 Å². The summed E-state index contributed by atoms with van der Waals surface area (Å²) in [6.07, 6.45) is 0.754. The monoisotopic (exact) mass is 316 g/mol. The summed E-state index contributed by atoms with van der Waals surface area (Å²) in [5.74, 6) is -0.803. The molecule has 4 nitrogen and oxygen atoms in total. The molecule has 1 aromatic rings. The Kier molecular flexibility index (Phi) is 4.31. The Morgan fingerprint density at radius 2 is 2.33 bits per heavy atom. The molecule has 0 spiro atoms. The predicted molar refractivity (Wildman–Crippen MR) is 69.7 cm³/mol. The quantitative estimate of drug-likeness (QED) is 0.896. The highest BCUT2D eigenvalue weighted by Gasteiger charge is 2.30. The van der Waals surface area contributed by atoms with Gasteiger partial charge in [-0.1, -0.05) is 15.9 Å². The van der Waals surface area contributed by atoms with E-state index in [0.29, 0.717) is 17.4 Å². The van der Waals surface area contributed by atoms with Crippen molar-refractivity contribution in [3.05, 3.63) is 28.5 Å². The van der Waals surface area contributed by atoms with Gasteiger partial charge in [0.25, 0.3) is 5.91 Å². The topological polar surface area (TPSA) is 64.4 Å². The average molecular weight is 317 g/mol. The van der Waals surface area contributed by atoms with Gasteiger partial charge in [0.15, 0.2) is 0 Å². The SMILES string of the molecule is NCC1CCC(C(=O)Nc2cc(Br)ccc2F)O1. The second-order valence-electron chi connectivity index (χ2n) is 4.17. The third kappa shape index (κ3) is 3.07. The van der Waals surface area contributed by atoms with Crippen molar-refractivity contribution in [1.29, 1.82) is 0 Å². The van der Waals surface area contributed by atoms with Gasteiger partial charge in [0.2, 0.25) is 0 Å². The summed E-state index contributed by atoms with van der Waals surface area (Å²) >= 11 is 3.22. The lowest BCUT2D eigenvalue weighted by Crippen LogP contribution is -2.30. The van der Waals surface area contributed by atoms with Crippen molar-refractivity contribution in [3.8, 4) is 0 Å². The fraction of sp³-hybridized carbons (Fsp3) is 0.417. The van der Waals surface area contributed by atoms with Crippen molar-refractivity contribution < 1.29 is 13.9 Å². The molecule has 2 atom stereocenters. The van der Waals surface area contributed by atoms with Crippen LogP contribution in [0.1, 0.15) is 12.8 Å². The molecule has 1 aromatic carbocycles. The van der Waals surface area contributed by atoms with Gasteiger partial charge in [0.05, 0.1) is 11.8 Å². The molecular formula is C12H14BrFN2O2. The number of halogens is 2. The average Bonchev–Trinajstić information content (AvgIpc) is 2.82. The first-order chi connectivity index (χ1) is 8.60. The molecule has 3 N–H and O–H groups in total. The van der Waals surface area contributed by atoms with E-state index in [1.54, 1.807) is 6.07 Å². The van der Waals surface area contributed by atoms with E-state index < -0.39 is 11.9 Å². The van der Waals surface area contributed by atoms with Crippen molar-refractivity contribution in [2.24, 2.45) is 5.73 Å². The van der Waals surface area contributed by atoms with E-state index in [1.165, 1.54) is 12.1 Å². The van der Waals surface area contributed by atoms with Crippen LogP contribution in [0.5, 0.6) is 0 Å². The minimum absolute atomic E-state index is 0.0758. The van der Waals surface area contributed by atoms with Gasteiger partial charge >= 0.3 is 0 Å². The molecule has 0 saturated carbocycles. The van der Waals surface area contributed by atoms with E-state index in [2.05, 4.69) is 21.2 Å². The summed E-state index contributed by atoms with van der Waals surface area (Å²) in [6, 6.07) is 4.38. The Hall–Kier alpha value is -0.980. The van der Waals surface area contributed by atoms with Crippen LogP contribution in [-0.4, -0.2) is 24.7 Å². The van der Waals surface area contributed by atoms with E-state index in [9.17, 15) is 9.18 Å². The first kappa shape index (κ1) is 13.5. The summed E-state index contributed by atoms with van der Waals surface area (Å²) < 4.78 is 19.6. The first-order valence-electron chi connectivity index (χ1n) is 5.71. The maximum Gasteiger partial charge on any atom is 0.253 e. The Balaban J connectivity index is 2.01. The van der Waals surface area contributed by atoms with Gasteiger partial charge < -0.3 is 15.8 Å². The van der Waals surface area contributed by atoms with Crippen molar-refractivity contribution in [2.45, 2.75) is 25.0 Å². The van der Waals surface area contributed by atoms with Crippen molar-refractivity contribution in [2.75, 3.05) is 11.9 Å². The molecule has 18 heavy (non-hydrogen) atoms. The number of rotatable bonds is 3. The molecule has 0 bridgehead atoms. The van der Waals surface area contributed by atoms with E-state index in [0.717, 1.165) is 6.42 Å². The van der Waals surface area contributed by atoms with Crippen LogP contribution in [0.15, 0.2) is 22.7 Å². The third-order valence-electron chi connectivity index (χ3n) is 2.85. The highest BCUT2D eigenvalue weighted by atomic mass is 79.9. The first-order valence-corrected chi connectivity index (χ1v) is 6.51. The summed E-state index contributed by atoms with van der Waals surface area (Å²) in [5.41, 5.74) is 5.62. The van der Waals surface area contributed by atoms with Crippen LogP contribution < -0.4 is 11.1 Å². The number of amides is 1. The second kappa shape index (κ2) is 5.77. The molecule has 1 aliphatic rings. The lowest BCUT2D eigenvalue weighted by Gasteiger charge is -2.13. The molecule has 98 valence electrons.